The average molecular weight is 525 g/mol. The standard InChI is InChI=1S/C23H21N5.3ClH.V/c1-2-8-17(9-3-1)14-28(15-22-24-18-10-4-5-11-19(18)25-22)16-23-26-20-12-6-7-13-21(20)27-23;;;;/h1-10,12H,11,13-16H2;3*1H;/q;;;;+3/p-3. The monoisotopic (exact) mass is 523 g/mol. The van der Waals surface area contributed by atoms with Crippen molar-refractivity contribution in [1.82, 2.24) is 4.90 Å². The topological polar surface area (TPSA) is 52.7 Å². The van der Waals surface area contributed by atoms with E-state index in [1.165, 1.54) is 5.56 Å². The van der Waals surface area contributed by atoms with Gasteiger partial charge in [0.1, 0.15) is 11.7 Å². The fourth-order valence-corrected chi connectivity index (χ4v) is 3.68. The third-order valence-corrected chi connectivity index (χ3v) is 5.00. The van der Waals surface area contributed by atoms with Crippen LogP contribution in [0.1, 0.15) is 18.4 Å². The second-order valence-electron chi connectivity index (χ2n) is 7.36. The molecule has 164 valence electrons. The van der Waals surface area contributed by atoms with E-state index < -0.39 is 12.3 Å². The van der Waals surface area contributed by atoms with Crippen LogP contribution in [0, 0.1) is 0 Å². The molecule has 2 aliphatic heterocycles. The van der Waals surface area contributed by atoms with Crippen LogP contribution in [0.3, 0.4) is 0 Å². The van der Waals surface area contributed by atoms with Gasteiger partial charge in [0.25, 0.3) is 0 Å². The van der Waals surface area contributed by atoms with Crippen molar-refractivity contribution in [3.63, 3.8) is 0 Å². The molecule has 32 heavy (non-hydrogen) atoms. The van der Waals surface area contributed by atoms with Crippen LogP contribution in [0.5, 0.6) is 0 Å². The van der Waals surface area contributed by atoms with Crippen LogP contribution in [0.2, 0.25) is 0 Å². The fourth-order valence-electron chi connectivity index (χ4n) is 3.68. The number of hydrogen-bond donors (Lipinski definition) is 0. The first kappa shape index (κ1) is 23.4. The summed E-state index contributed by atoms with van der Waals surface area (Å²) in [6.45, 7) is 2.16. The number of aliphatic imine (C=N–C) groups is 4. The zero-order valence-corrected chi connectivity index (χ0v) is 20.9. The van der Waals surface area contributed by atoms with E-state index in [-0.39, 0.29) is 0 Å². The van der Waals surface area contributed by atoms with E-state index in [2.05, 4.69) is 53.5 Å². The minimum atomic E-state index is -1.77. The Kier molecular flexibility index (Phi) is 8.36. The maximum absolute atomic E-state index is 4.95. The number of halogens is 3. The number of amidine groups is 2. The van der Waals surface area contributed by atoms with E-state index in [0.29, 0.717) is 13.1 Å². The molecule has 0 N–H and O–H groups in total. The molecule has 2 aliphatic carbocycles. The van der Waals surface area contributed by atoms with Gasteiger partial charge in [-0.25, -0.2) is 20.0 Å². The van der Waals surface area contributed by atoms with Gasteiger partial charge in [-0.15, -0.1) is 0 Å². The summed E-state index contributed by atoms with van der Waals surface area (Å²) in [5.74, 6) is 1.73. The first-order valence-corrected chi connectivity index (χ1v) is 15.9. The molecule has 0 fully saturated rings. The average Bonchev–Trinajstić information content (AvgIpc) is 3.36. The molecule has 0 bridgehead atoms. The van der Waals surface area contributed by atoms with Crippen LogP contribution in [0.15, 0.2) is 98.2 Å². The van der Waals surface area contributed by atoms with Gasteiger partial charge >= 0.3 is 41.8 Å². The van der Waals surface area contributed by atoms with Crippen LogP contribution < -0.4 is 0 Å². The van der Waals surface area contributed by atoms with Gasteiger partial charge in [0.15, 0.2) is 0 Å². The summed E-state index contributed by atoms with van der Waals surface area (Å²) in [6, 6.07) is 10.5. The van der Waals surface area contributed by atoms with Crippen molar-refractivity contribution in [3.05, 3.63) is 83.7 Å². The molecular formula is C23H21Cl3N5V. The summed E-state index contributed by atoms with van der Waals surface area (Å²) >= 11 is -1.77. The Balaban J connectivity index is 0.000000567. The minimum absolute atomic E-state index is 0.677. The Bertz CT molecular complexity index is 1030. The molecule has 5 nitrogen and oxygen atoms in total. The fraction of sp³-hybridized carbons (Fsp3) is 0.217. The van der Waals surface area contributed by atoms with Gasteiger partial charge in [-0.05, 0) is 17.7 Å². The summed E-state index contributed by atoms with van der Waals surface area (Å²) in [5, 5.41) is 0. The normalized spacial score (nSPS) is 18.2. The summed E-state index contributed by atoms with van der Waals surface area (Å²) in [4.78, 5) is 21.3. The predicted molar refractivity (Wildman–Crippen MR) is 133 cm³/mol. The first-order chi connectivity index (χ1) is 15.6. The summed E-state index contributed by atoms with van der Waals surface area (Å²) in [5.41, 5.74) is 5.39. The SMILES string of the molecule is C1=CCC2=NC(CN(CC3=NC4=CC=CCC4=N3)Cc3ccccc3)=NC2=C1.[Cl][V]([Cl])[Cl]. The second-order valence-corrected chi connectivity index (χ2v) is 14.3. The number of rotatable bonds is 6. The molecule has 9 heteroatoms. The third kappa shape index (κ3) is 6.64. The van der Waals surface area contributed by atoms with Gasteiger partial charge in [-0.2, -0.15) is 0 Å². The molecule has 0 amide bonds. The van der Waals surface area contributed by atoms with Gasteiger partial charge in [0.05, 0.1) is 35.9 Å². The molecule has 1 aromatic rings. The van der Waals surface area contributed by atoms with Crippen LogP contribution in [0.25, 0.3) is 0 Å². The Morgan fingerprint density at radius 2 is 1.22 bits per heavy atom. The van der Waals surface area contributed by atoms with Gasteiger partial charge < -0.3 is 0 Å². The number of hydrogen-bond acceptors (Lipinski definition) is 5. The van der Waals surface area contributed by atoms with Crippen LogP contribution in [-0.2, 0) is 18.8 Å². The summed E-state index contributed by atoms with van der Waals surface area (Å²) in [7, 11) is 14.9. The van der Waals surface area contributed by atoms with E-state index >= 15 is 0 Å². The molecule has 2 heterocycles. The number of benzene rings is 1. The molecule has 4 aliphatic rings. The molecule has 0 aromatic heterocycles. The van der Waals surface area contributed by atoms with Crippen molar-refractivity contribution in [2.24, 2.45) is 20.0 Å². The van der Waals surface area contributed by atoms with Crippen LogP contribution in [0.4, 0.5) is 0 Å². The van der Waals surface area contributed by atoms with E-state index in [9.17, 15) is 0 Å². The first-order valence-electron chi connectivity index (χ1n) is 10.2. The van der Waals surface area contributed by atoms with E-state index in [1.807, 2.05) is 18.2 Å². The maximum atomic E-state index is 4.95. The molecule has 0 saturated heterocycles. The van der Waals surface area contributed by atoms with E-state index in [4.69, 9.17) is 49.5 Å². The zero-order valence-electron chi connectivity index (χ0n) is 17.2. The number of fused-ring (bicyclic) bond motifs is 2. The van der Waals surface area contributed by atoms with Crippen molar-refractivity contribution in [2.75, 3.05) is 13.1 Å². The molecular weight excluding hydrogens is 504 g/mol. The molecule has 0 unspecified atom stereocenters. The van der Waals surface area contributed by atoms with E-state index in [1.54, 1.807) is 0 Å². The van der Waals surface area contributed by atoms with Crippen molar-refractivity contribution in [2.45, 2.75) is 19.4 Å². The molecule has 0 radical (unpaired) electrons. The zero-order chi connectivity index (χ0) is 22.3. The summed E-state index contributed by atoms with van der Waals surface area (Å²) < 4.78 is 0. The van der Waals surface area contributed by atoms with E-state index in [0.717, 1.165) is 53.9 Å². The van der Waals surface area contributed by atoms with Gasteiger partial charge in [0.2, 0.25) is 0 Å². The Morgan fingerprint density at radius 3 is 1.69 bits per heavy atom. The quantitative estimate of drug-likeness (QED) is 0.454. The second kappa shape index (κ2) is 11.4. The van der Waals surface area contributed by atoms with Gasteiger partial charge in [0, 0.05) is 19.4 Å². The molecule has 0 saturated carbocycles. The van der Waals surface area contributed by atoms with Crippen molar-refractivity contribution in [1.29, 1.82) is 0 Å². The third-order valence-electron chi connectivity index (χ3n) is 5.00. The van der Waals surface area contributed by atoms with Crippen molar-refractivity contribution in [3.8, 4) is 0 Å². The number of nitrogens with zero attached hydrogens (tertiary/aromatic N) is 5. The molecule has 0 atom stereocenters. The molecule has 5 rings (SSSR count). The van der Waals surface area contributed by atoms with Crippen LogP contribution >= 0.6 is 29.5 Å². The molecule has 0 spiro atoms. The molecule has 1 aromatic carbocycles. The Morgan fingerprint density at radius 1 is 0.719 bits per heavy atom. The van der Waals surface area contributed by atoms with Crippen LogP contribution in [-0.4, -0.2) is 41.1 Å². The van der Waals surface area contributed by atoms with Gasteiger partial charge in [-0.3, -0.25) is 4.90 Å². The van der Waals surface area contributed by atoms with Gasteiger partial charge in [-0.1, -0.05) is 54.6 Å². The van der Waals surface area contributed by atoms with Crippen molar-refractivity contribution < 1.29 is 12.3 Å². The summed E-state index contributed by atoms with van der Waals surface area (Å²) in [6.07, 6.45) is 14.1. The Labute approximate surface area is 205 Å². The Hall–Kier alpha value is -1.73. The predicted octanol–water partition coefficient (Wildman–Crippen LogP) is 5.95. The van der Waals surface area contributed by atoms with Crippen molar-refractivity contribution >= 4 is 52.6 Å². The number of allylic oxidation sites excluding steroid dienone is 8.